The molecule has 0 aliphatic rings. The highest BCUT2D eigenvalue weighted by molar-refractivity contribution is 6.30. The van der Waals surface area contributed by atoms with E-state index in [-0.39, 0.29) is 17.8 Å². The predicted octanol–water partition coefficient (Wildman–Crippen LogP) is 5.20. The maximum absolute atomic E-state index is 6.07. The Labute approximate surface area is 202 Å². The zero-order valence-electron chi connectivity index (χ0n) is 18.7. The van der Waals surface area contributed by atoms with Gasteiger partial charge in [0, 0.05) is 17.8 Å². The molecule has 7 nitrogen and oxygen atoms in total. The highest BCUT2D eigenvalue weighted by Gasteiger charge is 2.22. The van der Waals surface area contributed by atoms with Crippen molar-refractivity contribution in [2.75, 3.05) is 22.9 Å². The van der Waals surface area contributed by atoms with Crippen LogP contribution < -0.4 is 16.4 Å². The van der Waals surface area contributed by atoms with E-state index in [0.717, 1.165) is 11.4 Å². The predicted molar refractivity (Wildman–Crippen MR) is 139 cm³/mol. The van der Waals surface area contributed by atoms with E-state index in [1.165, 1.54) is 21.9 Å². The molecule has 5 aromatic rings. The first-order chi connectivity index (χ1) is 16.5. The van der Waals surface area contributed by atoms with Gasteiger partial charge in [-0.1, -0.05) is 66.2 Å². The molecule has 5 rings (SSSR count). The maximum Gasteiger partial charge on any atom is 0.227 e. The Kier molecular flexibility index (Phi) is 5.86. The Hall–Kier alpha value is -3.97. The van der Waals surface area contributed by atoms with Crippen molar-refractivity contribution in [1.82, 2.24) is 19.9 Å². The first-order valence-electron chi connectivity index (χ1n) is 11.0. The van der Waals surface area contributed by atoms with E-state index in [4.69, 9.17) is 28.1 Å². The summed E-state index contributed by atoms with van der Waals surface area (Å²) in [6.45, 7) is 2.85. The lowest BCUT2D eigenvalue weighted by atomic mass is 9.98. The first-order valence-corrected chi connectivity index (χ1v) is 11.4. The van der Waals surface area contributed by atoms with Gasteiger partial charge in [0.25, 0.3) is 0 Å². The molecule has 1 unspecified atom stereocenters. The van der Waals surface area contributed by atoms with Crippen LogP contribution in [0.15, 0.2) is 72.9 Å². The van der Waals surface area contributed by atoms with Gasteiger partial charge >= 0.3 is 0 Å². The SMILES string of the molecule is CC(c1cccc2ccccc12)N(CCc1ccc(Cl)cc1)c1ncc2c(N)nc(N)nc2n1. The lowest BCUT2D eigenvalue weighted by Gasteiger charge is -2.30. The minimum absolute atomic E-state index is 0.00705. The molecule has 0 spiro atoms. The van der Waals surface area contributed by atoms with Gasteiger partial charge in [-0.3, -0.25) is 0 Å². The first kappa shape index (κ1) is 21.9. The number of nitrogen functional groups attached to an aromatic ring is 2. The molecule has 0 saturated carbocycles. The van der Waals surface area contributed by atoms with Gasteiger partial charge in [0.05, 0.1) is 11.4 Å². The third-order valence-corrected chi connectivity index (χ3v) is 6.29. The number of fused-ring (bicyclic) bond motifs is 2. The number of nitrogens with two attached hydrogens (primary N) is 2. The average molecular weight is 470 g/mol. The van der Waals surface area contributed by atoms with E-state index < -0.39 is 0 Å². The third-order valence-electron chi connectivity index (χ3n) is 6.04. The number of benzene rings is 3. The molecular formula is C26H24ClN7. The van der Waals surface area contributed by atoms with Gasteiger partial charge in [-0.2, -0.15) is 15.0 Å². The van der Waals surface area contributed by atoms with Crippen LogP contribution in [0.3, 0.4) is 0 Å². The summed E-state index contributed by atoms with van der Waals surface area (Å²) in [4.78, 5) is 19.9. The molecule has 0 aliphatic heterocycles. The van der Waals surface area contributed by atoms with Crippen LogP contribution >= 0.6 is 11.6 Å². The largest absolute Gasteiger partial charge is 0.383 e. The lowest BCUT2D eigenvalue weighted by Crippen LogP contribution is -2.31. The second-order valence-corrected chi connectivity index (χ2v) is 8.62. The monoisotopic (exact) mass is 469 g/mol. The molecule has 3 aromatic carbocycles. The Balaban J connectivity index is 1.57. The molecule has 170 valence electrons. The average Bonchev–Trinajstić information content (AvgIpc) is 2.84. The topological polar surface area (TPSA) is 107 Å². The summed E-state index contributed by atoms with van der Waals surface area (Å²) >= 11 is 6.07. The second kappa shape index (κ2) is 9.11. The summed E-state index contributed by atoms with van der Waals surface area (Å²) in [5.41, 5.74) is 14.6. The summed E-state index contributed by atoms with van der Waals surface area (Å²) in [7, 11) is 0. The number of nitrogens with zero attached hydrogens (tertiary/aromatic N) is 5. The molecule has 0 aliphatic carbocycles. The van der Waals surface area contributed by atoms with Crippen LogP contribution in [-0.2, 0) is 6.42 Å². The van der Waals surface area contributed by atoms with Crippen molar-refractivity contribution in [1.29, 1.82) is 0 Å². The quantitative estimate of drug-likeness (QED) is 0.352. The maximum atomic E-state index is 6.07. The molecule has 8 heteroatoms. The van der Waals surface area contributed by atoms with E-state index >= 15 is 0 Å². The zero-order valence-corrected chi connectivity index (χ0v) is 19.4. The fourth-order valence-electron chi connectivity index (χ4n) is 4.24. The molecule has 0 amide bonds. The van der Waals surface area contributed by atoms with Crippen LogP contribution in [0.25, 0.3) is 21.8 Å². The molecule has 0 radical (unpaired) electrons. The van der Waals surface area contributed by atoms with Gasteiger partial charge < -0.3 is 16.4 Å². The summed E-state index contributed by atoms with van der Waals surface area (Å²) in [5, 5.41) is 3.69. The molecule has 4 N–H and O–H groups in total. The van der Waals surface area contributed by atoms with Crippen molar-refractivity contribution >= 4 is 51.1 Å². The smallest absolute Gasteiger partial charge is 0.227 e. The number of anilines is 3. The van der Waals surface area contributed by atoms with Crippen LogP contribution in [0.2, 0.25) is 5.02 Å². The molecule has 34 heavy (non-hydrogen) atoms. The standard InChI is InChI=1S/C26H24ClN7/c1-16(20-8-4-6-18-5-2-3-7-21(18)20)34(14-13-17-9-11-19(27)12-10-17)26-30-15-22-23(28)31-25(29)32-24(22)33-26/h2-12,15-16H,13-14H2,1H3,(H4,28,29,30,31,32,33). The van der Waals surface area contributed by atoms with Crippen LogP contribution in [0.5, 0.6) is 0 Å². The fourth-order valence-corrected chi connectivity index (χ4v) is 4.36. The molecule has 0 saturated heterocycles. The van der Waals surface area contributed by atoms with Crippen LogP contribution in [0, 0.1) is 0 Å². The van der Waals surface area contributed by atoms with Gasteiger partial charge in [-0.25, -0.2) is 4.98 Å². The summed E-state index contributed by atoms with van der Waals surface area (Å²) in [5.74, 6) is 0.910. The van der Waals surface area contributed by atoms with Crippen LogP contribution in [0.4, 0.5) is 17.7 Å². The minimum Gasteiger partial charge on any atom is -0.383 e. The second-order valence-electron chi connectivity index (χ2n) is 8.19. The number of hydrogen-bond donors (Lipinski definition) is 2. The van der Waals surface area contributed by atoms with E-state index in [1.54, 1.807) is 6.20 Å². The van der Waals surface area contributed by atoms with Gasteiger partial charge in [-0.15, -0.1) is 0 Å². The molecule has 0 bridgehead atoms. The Morgan fingerprint density at radius 3 is 2.47 bits per heavy atom. The molecular weight excluding hydrogens is 446 g/mol. The van der Waals surface area contributed by atoms with E-state index in [1.807, 2.05) is 24.3 Å². The van der Waals surface area contributed by atoms with Crippen LogP contribution in [-0.4, -0.2) is 26.5 Å². The molecule has 1 atom stereocenters. The van der Waals surface area contributed by atoms with Gasteiger partial charge in [0.15, 0.2) is 5.65 Å². The number of rotatable bonds is 6. The highest BCUT2D eigenvalue weighted by atomic mass is 35.5. The molecule has 2 heterocycles. The Morgan fingerprint density at radius 1 is 0.882 bits per heavy atom. The fraction of sp³-hybridized carbons (Fsp3) is 0.154. The lowest BCUT2D eigenvalue weighted by molar-refractivity contribution is 0.651. The van der Waals surface area contributed by atoms with Crippen LogP contribution in [0.1, 0.15) is 24.1 Å². The third kappa shape index (κ3) is 4.30. The zero-order chi connectivity index (χ0) is 23.7. The van der Waals surface area contributed by atoms with Crippen molar-refractivity contribution in [3.8, 4) is 0 Å². The van der Waals surface area contributed by atoms with Gasteiger partial charge in [0.2, 0.25) is 11.9 Å². The summed E-state index contributed by atoms with van der Waals surface area (Å²) < 4.78 is 0. The van der Waals surface area contributed by atoms with Crippen molar-refractivity contribution in [2.24, 2.45) is 0 Å². The Morgan fingerprint density at radius 2 is 1.65 bits per heavy atom. The summed E-state index contributed by atoms with van der Waals surface area (Å²) in [6, 6.07) is 22.6. The minimum atomic E-state index is -0.00705. The van der Waals surface area contributed by atoms with Crippen molar-refractivity contribution < 1.29 is 0 Å². The van der Waals surface area contributed by atoms with Gasteiger partial charge in [-0.05, 0) is 47.4 Å². The number of halogens is 1. The number of aromatic nitrogens is 4. The van der Waals surface area contributed by atoms with E-state index in [9.17, 15) is 0 Å². The van der Waals surface area contributed by atoms with E-state index in [0.29, 0.717) is 23.5 Å². The van der Waals surface area contributed by atoms with Crippen molar-refractivity contribution in [3.63, 3.8) is 0 Å². The summed E-state index contributed by atoms with van der Waals surface area (Å²) in [6.07, 6.45) is 2.46. The Bertz CT molecular complexity index is 1460. The van der Waals surface area contributed by atoms with Gasteiger partial charge in [0.1, 0.15) is 5.82 Å². The number of hydrogen-bond acceptors (Lipinski definition) is 7. The van der Waals surface area contributed by atoms with E-state index in [2.05, 4.69) is 69.2 Å². The normalized spacial score (nSPS) is 12.2. The molecule has 0 fully saturated rings. The molecule has 2 aromatic heterocycles. The van der Waals surface area contributed by atoms with Crippen molar-refractivity contribution in [2.45, 2.75) is 19.4 Å². The highest BCUT2D eigenvalue weighted by Crippen LogP contribution is 2.31. The van der Waals surface area contributed by atoms with Crippen molar-refractivity contribution in [3.05, 3.63) is 89.1 Å².